The summed E-state index contributed by atoms with van der Waals surface area (Å²) in [6.45, 7) is 0.196. The van der Waals surface area contributed by atoms with Crippen LogP contribution in [0.2, 0.25) is 0 Å². The average Bonchev–Trinajstić information content (AvgIpc) is 2.45. The van der Waals surface area contributed by atoms with Crippen molar-refractivity contribution in [3.05, 3.63) is 58.1 Å². The van der Waals surface area contributed by atoms with E-state index in [1.54, 1.807) is 19.2 Å². The van der Waals surface area contributed by atoms with E-state index in [0.717, 1.165) is 5.56 Å². The summed E-state index contributed by atoms with van der Waals surface area (Å²) >= 11 is 0. The number of nitrogens with two attached hydrogens (primary N) is 1. The van der Waals surface area contributed by atoms with E-state index in [2.05, 4.69) is 0 Å². The van der Waals surface area contributed by atoms with Crippen molar-refractivity contribution in [1.29, 1.82) is 0 Å². The lowest BCUT2D eigenvalue weighted by molar-refractivity contribution is -0.385. The molecule has 0 spiro atoms. The lowest BCUT2D eigenvalue weighted by atomic mass is 10.2. The molecule has 0 fully saturated rings. The van der Waals surface area contributed by atoms with Gasteiger partial charge in [0, 0.05) is 0 Å². The highest BCUT2D eigenvalue weighted by atomic mass is 16.6. The number of ether oxygens (including phenoxy) is 2. The predicted molar refractivity (Wildman–Crippen MR) is 74.8 cm³/mol. The Hall–Kier alpha value is -2.76. The topological polar surface area (TPSA) is 87.6 Å². The van der Waals surface area contributed by atoms with Gasteiger partial charge in [-0.05, 0) is 29.8 Å². The van der Waals surface area contributed by atoms with Crippen molar-refractivity contribution in [3.8, 4) is 11.5 Å². The Morgan fingerprint density at radius 3 is 2.70 bits per heavy atom. The Kier molecular flexibility index (Phi) is 4.05. The van der Waals surface area contributed by atoms with Gasteiger partial charge in [0.25, 0.3) is 0 Å². The second-order valence-electron chi connectivity index (χ2n) is 4.09. The van der Waals surface area contributed by atoms with E-state index in [0.29, 0.717) is 5.75 Å². The van der Waals surface area contributed by atoms with Crippen molar-refractivity contribution >= 4 is 11.4 Å². The number of hydrogen-bond donors (Lipinski definition) is 1. The third kappa shape index (κ3) is 2.97. The third-order valence-corrected chi connectivity index (χ3v) is 2.74. The van der Waals surface area contributed by atoms with E-state index in [-0.39, 0.29) is 23.7 Å². The average molecular weight is 274 g/mol. The molecule has 0 aliphatic rings. The van der Waals surface area contributed by atoms with Crippen LogP contribution in [0.1, 0.15) is 5.56 Å². The largest absolute Gasteiger partial charge is 0.497 e. The maximum absolute atomic E-state index is 11.0. The lowest BCUT2D eigenvalue weighted by Gasteiger charge is -2.09. The Bertz CT molecular complexity index is 628. The number of hydrogen-bond acceptors (Lipinski definition) is 5. The molecule has 0 saturated heterocycles. The molecule has 2 N–H and O–H groups in total. The number of nitro groups is 1. The van der Waals surface area contributed by atoms with Crippen LogP contribution in [0.15, 0.2) is 42.5 Å². The molecule has 0 aliphatic carbocycles. The van der Waals surface area contributed by atoms with Crippen LogP contribution in [0.25, 0.3) is 0 Å². The lowest BCUT2D eigenvalue weighted by Crippen LogP contribution is -2.02. The summed E-state index contributed by atoms with van der Waals surface area (Å²) in [7, 11) is 1.57. The molecule has 0 atom stereocenters. The highest BCUT2D eigenvalue weighted by molar-refractivity contribution is 5.65. The third-order valence-electron chi connectivity index (χ3n) is 2.74. The first-order valence-electron chi connectivity index (χ1n) is 5.90. The molecule has 20 heavy (non-hydrogen) atoms. The highest BCUT2D eigenvalue weighted by Gasteiger charge is 2.18. The molecule has 104 valence electrons. The number of rotatable bonds is 5. The van der Waals surface area contributed by atoms with Crippen LogP contribution in [0.5, 0.6) is 11.5 Å². The maximum atomic E-state index is 11.0. The minimum absolute atomic E-state index is 0.0816. The fraction of sp³-hybridized carbons (Fsp3) is 0.143. The van der Waals surface area contributed by atoms with Gasteiger partial charge in [-0.1, -0.05) is 18.2 Å². The van der Waals surface area contributed by atoms with Crippen LogP contribution in [0.4, 0.5) is 11.4 Å². The predicted octanol–water partition coefficient (Wildman–Crippen LogP) is 2.76. The van der Waals surface area contributed by atoms with Gasteiger partial charge in [-0.3, -0.25) is 10.1 Å². The fourth-order valence-electron chi connectivity index (χ4n) is 1.77. The second-order valence-corrected chi connectivity index (χ2v) is 4.09. The summed E-state index contributed by atoms with van der Waals surface area (Å²) in [6.07, 6.45) is 0. The van der Waals surface area contributed by atoms with Gasteiger partial charge in [0.2, 0.25) is 0 Å². The van der Waals surface area contributed by atoms with E-state index in [1.807, 2.05) is 18.2 Å². The van der Waals surface area contributed by atoms with Crippen molar-refractivity contribution < 1.29 is 14.4 Å². The van der Waals surface area contributed by atoms with Crippen LogP contribution < -0.4 is 15.2 Å². The molecule has 0 unspecified atom stereocenters. The van der Waals surface area contributed by atoms with Gasteiger partial charge in [0.15, 0.2) is 5.75 Å². The van der Waals surface area contributed by atoms with E-state index in [1.165, 1.54) is 12.1 Å². The minimum Gasteiger partial charge on any atom is -0.497 e. The Morgan fingerprint density at radius 2 is 2.00 bits per heavy atom. The molecule has 6 nitrogen and oxygen atoms in total. The molecule has 0 heterocycles. The second kappa shape index (κ2) is 5.92. The smallest absolute Gasteiger partial charge is 0.333 e. The van der Waals surface area contributed by atoms with Gasteiger partial charge < -0.3 is 15.2 Å². The fourth-order valence-corrected chi connectivity index (χ4v) is 1.77. The summed E-state index contributed by atoms with van der Waals surface area (Å²) in [5.74, 6) is 0.853. The summed E-state index contributed by atoms with van der Waals surface area (Å²) < 4.78 is 10.6. The van der Waals surface area contributed by atoms with E-state index >= 15 is 0 Å². The van der Waals surface area contributed by atoms with Crippen molar-refractivity contribution in [1.82, 2.24) is 0 Å². The van der Waals surface area contributed by atoms with Crippen molar-refractivity contribution in [2.45, 2.75) is 6.61 Å². The summed E-state index contributed by atoms with van der Waals surface area (Å²) in [4.78, 5) is 10.4. The maximum Gasteiger partial charge on any atom is 0.333 e. The zero-order chi connectivity index (χ0) is 14.5. The summed E-state index contributed by atoms with van der Waals surface area (Å²) in [5.41, 5.74) is 6.31. The van der Waals surface area contributed by atoms with Gasteiger partial charge in [-0.15, -0.1) is 0 Å². The molecule has 0 saturated carbocycles. The Balaban J connectivity index is 2.18. The van der Waals surface area contributed by atoms with E-state index in [9.17, 15) is 10.1 Å². The first kappa shape index (κ1) is 13.7. The van der Waals surface area contributed by atoms with Crippen molar-refractivity contribution in [3.63, 3.8) is 0 Å². The minimum atomic E-state index is -0.545. The zero-order valence-corrected chi connectivity index (χ0v) is 10.9. The van der Waals surface area contributed by atoms with Crippen molar-refractivity contribution in [2.24, 2.45) is 0 Å². The Morgan fingerprint density at radius 1 is 1.25 bits per heavy atom. The molecule has 0 aromatic heterocycles. The standard InChI is InChI=1S/C14H14N2O4/c1-19-11-5-2-4-10(8-11)9-20-13-7-3-6-12(15)14(13)16(17)18/h2-8H,9,15H2,1H3. The number of para-hydroxylation sites is 1. The number of methoxy groups -OCH3 is 1. The van der Waals surface area contributed by atoms with Crippen LogP contribution in [0.3, 0.4) is 0 Å². The number of anilines is 1. The van der Waals surface area contributed by atoms with Gasteiger partial charge in [-0.2, -0.15) is 0 Å². The SMILES string of the molecule is COc1cccc(COc2cccc(N)c2[N+](=O)[O-])c1. The van der Waals surface area contributed by atoms with Gasteiger partial charge in [0.05, 0.1) is 12.0 Å². The summed E-state index contributed by atoms with van der Waals surface area (Å²) in [5, 5.41) is 11.0. The first-order valence-corrected chi connectivity index (χ1v) is 5.90. The number of nitrogens with zero attached hydrogens (tertiary/aromatic N) is 1. The molecule has 0 bridgehead atoms. The van der Waals surface area contributed by atoms with Gasteiger partial charge in [0.1, 0.15) is 18.0 Å². The number of nitro benzene ring substituents is 1. The van der Waals surface area contributed by atoms with Crippen molar-refractivity contribution in [2.75, 3.05) is 12.8 Å². The first-order chi connectivity index (χ1) is 9.61. The van der Waals surface area contributed by atoms with E-state index in [4.69, 9.17) is 15.2 Å². The molecule has 0 aliphatic heterocycles. The molecular formula is C14H14N2O4. The zero-order valence-electron chi connectivity index (χ0n) is 10.9. The van der Waals surface area contributed by atoms with Gasteiger partial charge in [-0.25, -0.2) is 0 Å². The van der Waals surface area contributed by atoms with Gasteiger partial charge >= 0.3 is 5.69 Å². The molecule has 2 rings (SSSR count). The molecule has 0 amide bonds. The normalized spacial score (nSPS) is 10.1. The quantitative estimate of drug-likeness (QED) is 0.514. The molecule has 2 aromatic rings. The van der Waals surface area contributed by atoms with Crippen LogP contribution in [-0.2, 0) is 6.61 Å². The van der Waals surface area contributed by atoms with Crippen LogP contribution in [-0.4, -0.2) is 12.0 Å². The molecule has 0 radical (unpaired) electrons. The van der Waals surface area contributed by atoms with E-state index < -0.39 is 4.92 Å². The Labute approximate surface area is 115 Å². The molecule has 2 aromatic carbocycles. The molecular weight excluding hydrogens is 260 g/mol. The highest BCUT2D eigenvalue weighted by Crippen LogP contribution is 2.33. The van der Waals surface area contributed by atoms with Crippen LogP contribution >= 0.6 is 0 Å². The number of nitrogen functional groups attached to an aromatic ring is 1. The summed E-state index contributed by atoms with van der Waals surface area (Å²) in [6, 6.07) is 11.9. The molecule has 6 heteroatoms. The monoisotopic (exact) mass is 274 g/mol. The number of benzene rings is 2. The van der Waals surface area contributed by atoms with Crippen LogP contribution in [0, 0.1) is 10.1 Å².